The van der Waals surface area contributed by atoms with E-state index in [1.165, 1.54) is 19.3 Å². The smallest absolute Gasteiger partial charge is 0.0897 e. The van der Waals surface area contributed by atoms with Gasteiger partial charge in [-0.25, -0.2) is 0 Å². The minimum Gasteiger partial charge on any atom is -0.389 e. The molecule has 0 spiro atoms. The van der Waals surface area contributed by atoms with Gasteiger partial charge in [0.25, 0.3) is 0 Å². The molecule has 108 valence electrons. The first-order chi connectivity index (χ1) is 8.68. The van der Waals surface area contributed by atoms with Crippen molar-refractivity contribution in [3.05, 3.63) is 0 Å². The van der Waals surface area contributed by atoms with Gasteiger partial charge in [-0.15, -0.1) is 0 Å². The number of hydrogen-bond acceptors (Lipinski definition) is 4. The Morgan fingerprint density at radius 2 is 2.11 bits per heavy atom. The third kappa shape index (κ3) is 8.19. The lowest BCUT2D eigenvalue weighted by molar-refractivity contribution is -0.0228. The molecular weight excluding hydrogens is 250 g/mol. The Bertz CT molecular complexity index is 232. The summed E-state index contributed by atoms with van der Waals surface area (Å²) in [6.07, 6.45) is 8.65. The number of ether oxygens (including phenoxy) is 1. The van der Waals surface area contributed by atoms with Gasteiger partial charge in [-0.2, -0.15) is 0 Å². The van der Waals surface area contributed by atoms with Gasteiger partial charge in [-0.1, -0.05) is 19.3 Å². The maximum atomic E-state index is 10.8. The molecule has 0 aliphatic heterocycles. The van der Waals surface area contributed by atoms with E-state index in [-0.39, 0.29) is 0 Å². The zero-order valence-electron chi connectivity index (χ0n) is 11.4. The second-order valence-corrected chi connectivity index (χ2v) is 6.64. The van der Waals surface area contributed by atoms with Crippen molar-refractivity contribution in [2.24, 2.45) is 0 Å². The fourth-order valence-electron chi connectivity index (χ4n) is 2.21. The molecular formula is C13H27NO3S. The van der Waals surface area contributed by atoms with Crippen molar-refractivity contribution >= 4 is 10.8 Å². The van der Waals surface area contributed by atoms with Gasteiger partial charge in [0.05, 0.1) is 18.8 Å². The number of aliphatic hydroxyl groups excluding tert-OH is 1. The Balaban J connectivity index is 1.93. The van der Waals surface area contributed by atoms with Crippen molar-refractivity contribution in [2.75, 3.05) is 31.7 Å². The topological polar surface area (TPSA) is 58.6 Å². The monoisotopic (exact) mass is 277 g/mol. The Labute approximate surface area is 113 Å². The highest BCUT2D eigenvalue weighted by Gasteiger charge is 2.15. The maximum absolute atomic E-state index is 10.8. The molecule has 1 aliphatic carbocycles. The van der Waals surface area contributed by atoms with Crippen molar-refractivity contribution in [1.82, 2.24) is 5.32 Å². The largest absolute Gasteiger partial charge is 0.389 e. The minimum absolute atomic E-state index is 0.357. The molecule has 1 rings (SSSR count). The van der Waals surface area contributed by atoms with Crippen molar-refractivity contribution in [3.8, 4) is 0 Å². The van der Waals surface area contributed by atoms with E-state index in [1.54, 1.807) is 6.26 Å². The summed E-state index contributed by atoms with van der Waals surface area (Å²) >= 11 is 0. The zero-order chi connectivity index (χ0) is 13.2. The Morgan fingerprint density at radius 3 is 2.78 bits per heavy atom. The summed E-state index contributed by atoms with van der Waals surface area (Å²) in [6.45, 7) is 1.79. The second kappa shape index (κ2) is 9.89. The predicted octanol–water partition coefficient (Wildman–Crippen LogP) is 1.05. The van der Waals surface area contributed by atoms with E-state index in [2.05, 4.69) is 5.32 Å². The van der Waals surface area contributed by atoms with Crippen LogP contribution in [-0.4, -0.2) is 53.2 Å². The van der Waals surface area contributed by atoms with Crippen molar-refractivity contribution < 1.29 is 14.1 Å². The van der Waals surface area contributed by atoms with Crippen LogP contribution in [-0.2, 0) is 15.5 Å². The van der Waals surface area contributed by atoms with Gasteiger partial charge in [0.2, 0.25) is 0 Å². The summed E-state index contributed by atoms with van der Waals surface area (Å²) < 4.78 is 16.5. The molecule has 0 amide bonds. The van der Waals surface area contributed by atoms with Crippen LogP contribution >= 0.6 is 0 Å². The number of hydrogen-bond donors (Lipinski definition) is 2. The first-order valence-corrected chi connectivity index (χ1v) is 8.71. The molecule has 0 saturated heterocycles. The summed E-state index contributed by atoms with van der Waals surface area (Å²) in [4.78, 5) is 0. The van der Waals surface area contributed by atoms with Crippen LogP contribution in [0.4, 0.5) is 0 Å². The number of aliphatic hydroxyl groups is 1. The number of rotatable bonds is 9. The van der Waals surface area contributed by atoms with Crippen molar-refractivity contribution in [3.63, 3.8) is 0 Å². The molecule has 0 aromatic rings. The van der Waals surface area contributed by atoms with Crippen LogP contribution in [0.25, 0.3) is 0 Å². The Hall–Kier alpha value is 0.0300. The molecule has 1 aliphatic rings. The van der Waals surface area contributed by atoms with Gasteiger partial charge >= 0.3 is 0 Å². The fourth-order valence-corrected chi connectivity index (χ4v) is 2.76. The van der Waals surface area contributed by atoms with E-state index in [1.807, 2.05) is 0 Å². The van der Waals surface area contributed by atoms with E-state index < -0.39 is 16.9 Å². The van der Waals surface area contributed by atoms with Gasteiger partial charge in [-0.3, -0.25) is 4.21 Å². The first kappa shape index (κ1) is 16.1. The van der Waals surface area contributed by atoms with Crippen LogP contribution in [0.5, 0.6) is 0 Å². The normalized spacial score (nSPS) is 20.8. The SMILES string of the molecule is CS(=O)CCCNCC(O)COC1CCCCC1. The fraction of sp³-hybridized carbons (Fsp3) is 1.00. The van der Waals surface area contributed by atoms with Gasteiger partial charge < -0.3 is 15.2 Å². The lowest BCUT2D eigenvalue weighted by atomic mass is 9.98. The third-order valence-electron chi connectivity index (χ3n) is 3.24. The molecule has 0 heterocycles. The summed E-state index contributed by atoms with van der Waals surface area (Å²) in [7, 11) is -0.714. The van der Waals surface area contributed by atoms with Crippen LogP contribution < -0.4 is 5.32 Å². The second-order valence-electron chi connectivity index (χ2n) is 5.08. The van der Waals surface area contributed by atoms with Gasteiger partial charge in [0.1, 0.15) is 0 Å². The van der Waals surface area contributed by atoms with Crippen LogP contribution in [0, 0.1) is 0 Å². The average molecular weight is 277 g/mol. The van der Waals surface area contributed by atoms with Crippen LogP contribution in [0.3, 0.4) is 0 Å². The molecule has 2 N–H and O–H groups in total. The molecule has 1 fully saturated rings. The lowest BCUT2D eigenvalue weighted by Gasteiger charge is -2.23. The van der Waals surface area contributed by atoms with E-state index in [0.717, 1.165) is 31.6 Å². The average Bonchev–Trinajstić information content (AvgIpc) is 2.37. The van der Waals surface area contributed by atoms with Crippen molar-refractivity contribution in [2.45, 2.75) is 50.7 Å². The molecule has 2 unspecified atom stereocenters. The van der Waals surface area contributed by atoms with Gasteiger partial charge in [0, 0.05) is 29.4 Å². The van der Waals surface area contributed by atoms with E-state index in [9.17, 15) is 9.32 Å². The quantitative estimate of drug-likeness (QED) is 0.619. The van der Waals surface area contributed by atoms with E-state index in [4.69, 9.17) is 4.74 Å². The molecule has 18 heavy (non-hydrogen) atoms. The Morgan fingerprint density at radius 1 is 1.39 bits per heavy atom. The molecule has 0 aromatic carbocycles. The summed E-state index contributed by atoms with van der Waals surface area (Å²) in [5.74, 6) is 0.724. The molecule has 5 heteroatoms. The third-order valence-corrected chi connectivity index (χ3v) is 4.11. The molecule has 2 atom stereocenters. The molecule has 0 bridgehead atoms. The lowest BCUT2D eigenvalue weighted by Crippen LogP contribution is -2.33. The molecule has 0 radical (unpaired) electrons. The van der Waals surface area contributed by atoms with Gasteiger partial charge in [0.15, 0.2) is 0 Å². The molecule has 1 saturated carbocycles. The van der Waals surface area contributed by atoms with Crippen molar-refractivity contribution in [1.29, 1.82) is 0 Å². The Kier molecular flexibility index (Phi) is 8.84. The van der Waals surface area contributed by atoms with Crippen LogP contribution in [0.15, 0.2) is 0 Å². The standard InChI is InChI=1S/C13H27NO3S/c1-18(16)9-5-8-14-10-12(15)11-17-13-6-3-2-4-7-13/h12-15H,2-11H2,1H3. The van der Waals surface area contributed by atoms with E-state index >= 15 is 0 Å². The highest BCUT2D eigenvalue weighted by molar-refractivity contribution is 7.84. The van der Waals surface area contributed by atoms with Crippen LogP contribution in [0.1, 0.15) is 38.5 Å². The molecule has 0 aromatic heterocycles. The highest BCUT2D eigenvalue weighted by Crippen LogP contribution is 2.20. The van der Waals surface area contributed by atoms with E-state index in [0.29, 0.717) is 19.3 Å². The summed E-state index contributed by atoms with van der Waals surface area (Å²) in [5, 5.41) is 12.9. The first-order valence-electron chi connectivity index (χ1n) is 6.99. The minimum atomic E-state index is -0.714. The predicted molar refractivity (Wildman–Crippen MR) is 75.3 cm³/mol. The molecule has 4 nitrogen and oxygen atoms in total. The highest BCUT2D eigenvalue weighted by atomic mass is 32.2. The maximum Gasteiger partial charge on any atom is 0.0897 e. The van der Waals surface area contributed by atoms with Crippen LogP contribution in [0.2, 0.25) is 0 Å². The van der Waals surface area contributed by atoms with Gasteiger partial charge in [-0.05, 0) is 25.8 Å². The number of nitrogens with one attached hydrogen (secondary N) is 1. The zero-order valence-corrected chi connectivity index (χ0v) is 12.2. The summed E-state index contributed by atoms with van der Waals surface area (Å²) in [6, 6.07) is 0. The summed E-state index contributed by atoms with van der Waals surface area (Å²) in [5.41, 5.74) is 0.